The summed E-state index contributed by atoms with van der Waals surface area (Å²) in [4.78, 5) is 10.4. The third-order valence-corrected chi connectivity index (χ3v) is 1.20. The van der Waals surface area contributed by atoms with Crippen molar-refractivity contribution in [3.63, 3.8) is 0 Å². The van der Waals surface area contributed by atoms with Gasteiger partial charge in [0.05, 0.1) is 7.11 Å². The zero-order chi connectivity index (χ0) is 6.57. The van der Waals surface area contributed by atoms with Crippen molar-refractivity contribution in [1.29, 1.82) is 0 Å². The molecule has 0 aromatic carbocycles. The first-order valence-corrected chi connectivity index (χ1v) is 4.26. The first-order valence-electron chi connectivity index (χ1n) is 2.16. The molecule has 0 aromatic heterocycles. The Morgan fingerprint density at radius 2 is 2.12 bits per heavy atom. The molecule has 0 aliphatic heterocycles. The molecule has 0 rings (SSSR count). The van der Waals surface area contributed by atoms with E-state index < -0.39 is 0 Å². The Morgan fingerprint density at radius 1 is 1.62 bits per heavy atom. The molecule has 0 saturated carbocycles. The van der Waals surface area contributed by atoms with E-state index in [2.05, 4.69) is 4.74 Å². The highest BCUT2D eigenvalue weighted by atomic mass is 32.2. The predicted molar refractivity (Wildman–Crippen MR) is 37.5 cm³/mol. The maximum Gasteiger partial charge on any atom is 0.336 e. The topological polar surface area (TPSA) is 26.3 Å². The van der Waals surface area contributed by atoms with Gasteiger partial charge in [0.1, 0.15) is 0 Å². The third kappa shape index (κ3) is 3.87. The van der Waals surface area contributed by atoms with Crippen LogP contribution in [0.15, 0.2) is 0 Å². The number of ether oxygens (including phenoxy) is 1. The van der Waals surface area contributed by atoms with Gasteiger partial charge in [0.25, 0.3) is 0 Å². The van der Waals surface area contributed by atoms with Crippen LogP contribution in [0.2, 0.25) is 0 Å². The molecule has 0 bridgehead atoms. The normalized spacial score (nSPS) is 9.00. The van der Waals surface area contributed by atoms with Crippen molar-refractivity contribution in [3.8, 4) is 0 Å². The molecule has 0 unspecified atom stereocenters. The van der Waals surface area contributed by atoms with Crippen molar-refractivity contribution in [2.75, 3.05) is 19.6 Å². The summed E-state index contributed by atoms with van der Waals surface area (Å²) in [6.45, 7) is 0. The molecule has 0 radical (unpaired) electrons. The molecule has 0 aliphatic carbocycles. The standard InChI is InChI=1S/C5H10O2S/c1-7-5(6)4-8(2)3/h4H,1-3H3. The number of carbonyl (C=O) groups is 1. The van der Waals surface area contributed by atoms with Crippen LogP contribution in [0.3, 0.4) is 0 Å². The molecule has 0 heterocycles. The number of hydrogen-bond acceptors (Lipinski definition) is 2. The van der Waals surface area contributed by atoms with Gasteiger partial charge in [-0.15, -0.1) is 0 Å². The summed E-state index contributed by atoms with van der Waals surface area (Å²) in [5.41, 5.74) is 0. The van der Waals surface area contributed by atoms with Gasteiger partial charge < -0.3 is 4.74 Å². The number of rotatable bonds is 1. The van der Waals surface area contributed by atoms with Gasteiger partial charge in [-0.3, -0.25) is 0 Å². The Bertz CT molecular complexity index is 114. The van der Waals surface area contributed by atoms with Crippen molar-refractivity contribution in [3.05, 3.63) is 0 Å². The molecule has 0 saturated heterocycles. The second-order valence-electron chi connectivity index (χ2n) is 1.52. The number of hydrogen-bond donors (Lipinski definition) is 0. The summed E-state index contributed by atoms with van der Waals surface area (Å²) >= 11 is 0. The SMILES string of the molecule is COC(=O)C=S(C)C. The molecule has 0 amide bonds. The van der Waals surface area contributed by atoms with Crippen LogP contribution in [-0.4, -0.2) is 31.0 Å². The number of esters is 1. The molecule has 0 N–H and O–H groups in total. The molecule has 2 nitrogen and oxygen atoms in total. The quantitative estimate of drug-likeness (QED) is 0.385. The average molecular weight is 134 g/mol. The van der Waals surface area contributed by atoms with Crippen molar-refractivity contribution in [1.82, 2.24) is 0 Å². The van der Waals surface area contributed by atoms with Crippen LogP contribution in [0.5, 0.6) is 0 Å². The molecule has 0 aromatic rings. The summed E-state index contributed by atoms with van der Waals surface area (Å²) in [5, 5.41) is 1.56. The Morgan fingerprint density at radius 3 is 2.25 bits per heavy atom. The zero-order valence-electron chi connectivity index (χ0n) is 5.30. The summed E-state index contributed by atoms with van der Waals surface area (Å²) in [7, 11) is 1.44. The zero-order valence-corrected chi connectivity index (χ0v) is 6.12. The highest BCUT2D eigenvalue weighted by molar-refractivity contribution is 8.14. The first kappa shape index (κ1) is 7.69. The summed E-state index contributed by atoms with van der Waals surface area (Å²) < 4.78 is 4.37. The maximum absolute atomic E-state index is 10.4. The van der Waals surface area contributed by atoms with E-state index in [-0.39, 0.29) is 16.5 Å². The predicted octanol–water partition coefficient (Wildman–Crippen LogP) is 0.490. The fourth-order valence-electron chi connectivity index (χ4n) is 0.241. The molecule has 0 atom stereocenters. The average Bonchev–Trinajstić information content (AvgIpc) is 1.65. The third-order valence-electron chi connectivity index (χ3n) is 0.533. The van der Waals surface area contributed by atoms with Crippen LogP contribution in [0.1, 0.15) is 0 Å². The summed E-state index contributed by atoms with van der Waals surface area (Å²) in [5.74, 6) is -0.238. The largest absolute Gasteiger partial charge is 0.466 e. The lowest BCUT2D eigenvalue weighted by Crippen LogP contribution is -2.00. The van der Waals surface area contributed by atoms with Crippen LogP contribution >= 0.6 is 10.5 Å². The Hall–Kier alpha value is -0.310. The van der Waals surface area contributed by atoms with E-state index >= 15 is 0 Å². The second-order valence-corrected chi connectivity index (χ2v) is 3.52. The molecule has 0 spiro atoms. The van der Waals surface area contributed by atoms with Gasteiger partial charge in [-0.1, -0.05) is 0 Å². The van der Waals surface area contributed by atoms with Gasteiger partial charge >= 0.3 is 5.97 Å². The Kier molecular flexibility index (Phi) is 3.52. The van der Waals surface area contributed by atoms with Gasteiger partial charge in [0, 0.05) is 5.37 Å². The monoisotopic (exact) mass is 134 g/mol. The maximum atomic E-state index is 10.4. The van der Waals surface area contributed by atoms with Crippen molar-refractivity contribution in [2.24, 2.45) is 0 Å². The summed E-state index contributed by atoms with van der Waals surface area (Å²) in [6.07, 6.45) is 3.91. The Labute approximate surface area is 51.8 Å². The van der Waals surface area contributed by atoms with Crippen LogP contribution in [0.4, 0.5) is 0 Å². The highest BCUT2D eigenvalue weighted by Crippen LogP contribution is 1.93. The molecular formula is C5H10O2S. The van der Waals surface area contributed by atoms with Gasteiger partial charge in [-0.05, 0) is 12.5 Å². The number of methoxy groups -OCH3 is 1. The Balaban J connectivity index is 3.70. The van der Waals surface area contributed by atoms with E-state index in [1.807, 2.05) is 12.5 Å². The molecular weight excluding hydrogens is 124 g/mol. The fraction of sp³-hybridized carbons (Fsp3) is 0.600. The van der Waals surface area contributed by atoms with Gasteiger partial charge in [-0.2, -0.15) is 10.5 Å². The molecule has 3 heteroatoms. The number of carbonyl (C=O) groups excluding carboxylic acids is 1. The van der Waals surface area contributed by atoms with E-state index in [0.29, 0.717) is 0 Å². The van der Waals surface area contributed by atoms with Crippen molar-refractivity contribution in [2.45, 2.75) is 0 Å². The van der Waals surface area contributed by atoms with Crippen molar-refractivity contribution < 1.29 is 9.53 Å². The second kappa shape index (κ2) is 3.66. The van der Waals surface area contributed by atoms with E-state index in [9.17, 15) is 4.79 Å². The van der Waals surface area contributed by atoms with E-state index in [4.69, 9.17) is 0 Å². The van der Waals surface area contributed by atoms with Gasteiger partial charge in [0.15, 0.2) is 0 Å². The van der Waals surface area contributed by atoms with E-state index in [0.717, 1.165) is 0 Å². The van der Waals surface area contributed by atoms with Crippen molar-refractivity contribution >= 4 is 21.8 Å². The fourth-order valence-corrected chi connectivity index (χ4v) is 0.722. The summed E-state index contributed by atoms with van der Waals surface area (Å²) in [6, 6.07) is 0. The van der Waals surface area contributed by atoms with E-state index in [1.165, 1.54) is 7.11 Å². The minimum atomic E-state index is -0.238. The van der Waals surface area contributed by atoms with E-state index in [1.54, 1.807) is 5.37 Å². The molecule has 0 fully saturated rings. The smallest absolute Gasteiger partial charge is 0.336 e. The lowest BCUT2D eigenvalue weighted by atomic mass is 10.8. The van der Waals surface area contributed by atoms with Gasteiger partial charge in [0.2, 0.25) is 0 Å². The lowest BCUT2D eigenvalue weighted by molar-refractivity contribution is -0.131. The van der Waals surface area contributed by atoms with Crippen LogP contribution in [-0.2, 0) is 9.53 Å². The van der Waals surface area contributed by atoms with Crippen LogP contribution < -0.4 is 0 Å². The molecule has 48 valence electrons. The van der Waals surface area contributed by atoms with Crippen LogP contribution in [0.25, 0.3) is 0 Å². The minimum Gasteiger partial charge on any atom is -0.466 e. The first-order chi connectivity index (χ1) is 3.66. The van der Waals surface area contributed by atoms with Crippen LogP contribution in [0, 0.1) is 0 Å². The molecule has 0 aliphatic rings. The highest BCUT2D eigenvalue weighted by Gasteiger charge is 1.88. The lowest BCUT2D eigenvalue weighted by Gasteiger charge is -1.90. The van der Waals surface area contributed by atoms with Gasteiger partial charge in [-0.25, -0.2) is 4.79 Å². The molecule has 8 heavy (non-hydrogen) atoms. The minimum absolute atomic E-state index is 0.0549.